The predicted molar refractivity (Wildman–Crippen MR) is 88.6 cm³/mol. The highest BCUT2D eigenvalue weighted by Gasteiger charge is 2.30. The van der Waals surface area contributed by atoms with E-state index in [0.717, 1.165) is 25.0 Å². The van der Waals surface area contributed by atoms with Gasteiger partial charge in [0.2, 0.25) is 0 Å². The second-order valence-electron chi connectivity index (χ2n) is 6.34. The fourth-order valence-corrected chi connectivity index (χ4v) is 2.95. The summed E-state index contributed by atoms with van der Waals surface area (Å²) >= 11 is 0. The van der Waals surface area contributed by atoms with Crippen LogP contribution in [0.4, 0.5) is 13.2 Å². The van der Waals surface area contributed by atoms with Crippen molar-refractivity contribution in [1.29, 1.82) is 0 Å². The number of aromatic nitrogens is 2. The van der Waals surface area contributed by atoms with Gasteiger partial charge in [0.05, 0.1) is 17.6 Å². The van der Waals surface area contributed by atoms with Crippen LogP contribution in [-0.4, -0.2) is 28.9 Å². The van der Waals surface area contributed by atoms with Gasteiger partial charge in [-0.2, -0.15) is 18.3 Å². The van der Waals surface area contributed by atoms with Crippen molar-refractivity contribution in [2.45, 2.75) is 38.0 Å². The molecular weight excluding hydrogens is 347 g/mol. The van der Waals surface area contributed by atoms with E-state index in [0.29, 0.717) is 18.8 Å². The van der Waals surface area contributed by atoms with Crippen molar-refractivity contribution in [2.24, 2.45) is 0 Å². The SMILES string of the molecule is CC(NC(=O)c1ccn(C2CCOCC2)n1)c1cccc(C(F)(F)F)c1. The molecule has 1 saturated heterocycles. The number of hydrogen-bond acceptors (Lipinski definition) is 3. The average Bonchev–Trinajstić information content (AvgIpc) is 3.12. The van der Waals surface area contributed by atoms with Crippen LogP contribution in [0.2, 0.25) is 0 Å². The lowest BCUT2D eigenvalue weighted by molar-refractivity contribution is -0.137. The number of nitrogens with zero attached hydrogens (tertiary/aromatic N) is 2. The second-order valence-corrected chi connectivity index (χ2v) is 6.34. The van der Waals surface area contributed by atoms with Crippen LogP contribution in [0.15, 0.2) is 36.5 Å². The Morgan fingerprint density at radius 2 is 2.04 bits per heavy atom. The van der Waals surface area contributed by atoms with E-state index < -0.39 is 23.7 Å². The number of rotatable bonds is 4. The quantitative estimate of drug-likeness (QED) is 0.896. The van der Waals surface area contributed by atoms with Gasteiger partial charge >= 0.3 is 6.18 Å². The first-order chi connectivity index (χ1) is 12.3. The van der Waals surface area contributed by atoms with E-state index in [2.05, 4.69) is 10.4 Å². The molecule has 1 amide bonds. The van der Waals surface area contributed by atoms with Gasteiger partial charge in [-0.15, -0.1) is 0 Å². The van der Waals surface area contributed by atoms with E-state index in [1.54, 1.807) is 29.9 Å². The molecule has 1 unspecified atom stereocenters. The lowest BCUT2D eigenvalue weighted by Gasteiger charge is -2.22. The summed E-state index contributed by atoms with van der Waals surface area (Å²) in [4.78, 5) is 12.4. The minimum atomic E-state index is -4.41. The number of benzene rings is 1. The minimum Gasteiger partial charge on any atom is -0.381 e. The van der Waals surface area contributed by atoms with E-state index in [1.165, 1.54) is 6.07 Å². The Bertz CT molecular complexity index is 767. The van der Waals surface area contributed by atoms with E-state index in [9.17, 15) is 18.0 Å². The third-order valence-electron chi connectivity index (χ3n) is 4.47. The lowest BCUT2D eigenvalue weighted by Crippen LogP contribution is -2.28. The number of carbonyl (C=O) groups excluding carboxylic acids is 1. The van der Waals surface area contributed by atoms with Crippen LogP contribution in [-0.2, 0) is 10.9 Å². The van der Waals surface area contributed by atoms with Gasteiger partial charge < -0.3 is 10.1 Å². The van der Waals surface area contributed by atoms with Crippen molar-refractivity contribution in [3.05, 3.63) is 53.3 Å². The summed E-state index contributed by atoms with van der Waals surface area (Å²) in [6.45, 7) is 2.97. The lowest BCUT2D eigenvalue weighted by atomic mass is 10.0. The van der Waals surface area contributed by atoms with Crippen molar-refractivity contribution in [1.82, 2.24) is 15.1 Å². The molecule has 1 aromatic heterocycles. The van der Waals surface area contributed by atoms with Gasteiger partial charge in [0, 0.05) is 19.4 Å². The molecule has 1 aliphatic heterocycles. The number of halogens is 3. The van der Waals surface area contributed by atoms with Gasteiger partial charge in [-0.25, -0.2) is 0 Å². The number of carbonyl (C=O) groups is 1. The molecule has 1 aliphatic rings. The summed E-state index contributed by atoms with van der Waals surface area (Å²) in [6, 6.07) is 6.19. The van der Waals surface area contributed by atoms with Crippen LogP contribution < -0.4 is 5.32 Å². The molecule has 1 aromatic carbocycles. The van der Waals surface area contributed by atoms with Gasteiger partial charge in [-0.1, -0.05) is 12.1 Å². The molecule has 1 fully saturated rings. The first-order valence-electron chi connectivity index (χ1n) is 8.45. The molecule has 0 bridgehead atoms. The monoisotopic (exact) mass is 367 g/mol. The molecule has 5 nitrogen and oxygen atoms in total. The predicted octanol–water partition coefficient (Wildman–Crippen LogP) is 3.74. The van der Waals surface area contributed by atoms with Gasteiger partial charge in [0.25, 0.3) is 5.91 Å². The van der Waals surface area contributed by atoms with E-state index >= 15 is 0 Å². The smallest absolute Gasteiger partial charge is 0.381 e. The molecule has 0 aliphatic carbocycles. The van der Waals surface area contributed by atoms with Crippen LogP contribution in [0.25, 0.3) is 0 Å². The van der Waals surface area contributed by atoms with E-state index in [-0.39, 0.29) is 11.7 Å². The molecule has 8 heteroatoms. The number of nitrogens with one attached hydrogen (secondary N) is 1. The van der Waals surface area contributed by atoms with Crippen LogP contribution in [0.1, 0.15) is 53.5 Å². The number of amides is 1. The topological polar surface area (TPSA) is 56.2 Å². The summed E-state index contributed by atoms with van der Waals surface area (Å²) in [5, 5.41) is 7.01. The zero-order chi connectivity index (χ0) is 18.7. The Morgan fingerprint density at radius 1 is 1.31 bits per heavy atom. The molecule has 26 heavy (non-hydrogen) atoms. The Kier molecular flexibility index (Phi) is 5.31. The van der Waals surface area contributed by atoms with Crippen LogP contribution in [0.3, 0.4) is 0 Å². The molecule has 0 radical (unpaired) electrons. The average molecular weight is 367 g/mol. The largest absolute Gasteiger partial charge is 0.416 e. The highest BCUT2D eigenvalue weighted by Crippen LogP contribution is 2.30. The molecular formula is C18H20F3N3O2. The fourth-order valence-electron chi connectivity index (χ4n) is 2.95. The molecule has 0 saturated carbocycles. The Hall–Kier alpha value is -2.35. The molecule has 1 atom stereocenters. The standard InChI is InChI=1S/C18H20F3N3O2/c1-12(13-3-2-4-14(11-13)18(19,20)21)22-17(25)16-5-8-24(23-16)15-6-9-26-10-7-15/h2-5,8,11-12,15H,6-7,9-10H2,1H3,(H,22,25). The van der Waals surface area contributed by atoms with Gasteiger partial charge in [0.1, 0.15) is 5.69 Å². The van der Waals surface area contributed by atoms with Crippen LogP contribution in [0.5, 0.6) is 0 Å². The Balaban J connectivity index is 1.67. The second kappa shape index (κ2) is 7.49. The molecule has 0 spiro atoms. The maximum atomic E-state index is 12.8. The summed E-state index contributed by atoms with van der Waals surface area (Å²) in [5.74, 6) is -0.416. The van der Waals surface area contributed by atoms with Gasteiger partial charge in [-0.05, 0) is 43.5 Å². The van der Waals surface area contributed by atoms with E-state index in [4.69, 9.17) is 4.74 Å². The molecule has 1 N–H and O–H groups in total. The zero-order valence-corrected chi connectivity index (χ0v) is 14.3. The summed E-state index contributed by atoms with van der Waals surface area (Å²) in [6.07, 6.45) is -0.991. The van der Waals surface area contributed by atoms with Crippen molar-refractivity contribution in [3.8, 4) is 0 Å². The highest BCUT2D eigenvalue weighted by atomic mass is 19.4. The van der Waals surface area contributed by atoms with Crippen LogP contribution in [0, 0.1) is 0 Å². The third-order valence-corrected chi connectivity index (χ3v) is 4.47. The van der Waals surface area contributed by atoms with Crippen molar-refractivity contribution >= 4 is 5.91 Å². The summed E-state index contributed by atoms with van der Waals surface area (Å²) in [5.41, 5.74) is -0.104. The first kappa shape index (κ1) is 18.4. The fraction of sp³-hybridized carbons (Fsp3) is 0.444. The normalized spacial score (nSPS) is 17.1. The molecule has 3 rings (SSSR count). The van der Waals surface area contributed by atoms with Gasteiger partial charge in [0.15, 0.2) is 0 Å². The highest BCUT2D eigenvalue weighted by molar-refractivity contribution is 5.92. The summed E-state index contributed by atoms with van der Waals surface area (Å²) in [7, 11) is 0. The van der Waals surface area contributed by atoms with Crippen molar-refractivity contribution < 1.29 is 22.7 Å². The number of alkyl halides is 3. The third kappa shape index (κ3) is 4.24. The Morgan fingerprint density at radius 3 is 2.73 bits per heavy atom. The maximum Gasteiger partial charge on any atom is 0.416 e. The van der Waals surface area contributed by atoms with E-state index in [1.807, 2.05) is 0 Å². The molecule has 2 aromatic rings. The molecule has 2 heterocycles. The molecule has 140 valence electrons. The Labute approximate surface area is 149 Å². The van der Waals surface area contributed by atoms with Crippen LogP contribution >= 0.6 is 0 Å². The summed E-state index contributed by atoms with van der Waals surface area (Å²) < 4.78 is 45.6. The maximum absolute atomic E-state index is 12.8. The van der Waals surface area contributed by atoms with Gasteiger partial charge in [-0.3, -0.25) is 9.48 Å². The minimum absolute atomic E-state index is 0.200. The first-order valence-corrected chi connectivity index (χ1v) is 8.45. The van der Waals surface area contributed by atoms with Crippen molar-refractivity contribution in [3.63, 3.8) is 0 Å². The zero-order valence-electron chi connectivity index (χ0n) is 14.3. The number of hydrogen-bond donors (Lipinski definition) is 1. The number of ether oxygens (including phenoxy) is 1. The van der Waals surface area contributed by atoms with Crippen molar-refractivity contribution in [2.75, 3.05) is 13.2 Å².